The molecular formula is C18H29IN4O3. The zero-order valence-electron chi connectivity index (χ0n) is 15.6. The molecule has 1 fully saturated rings. The van der Waals surface area contributed by atoms with E-state index in [0.717, 1.165) is 37.7 Å². The average Bonchev–Trinajstić information content (AvgIpc) is 3.10. The number of halogens is 1. The number of nitrogens with zero attached hydrogens (tertiary/aromatic N) is 2. The van der Waals surface area contributed by atoms with Gasteiger partial charge in [-0.2, -0.15) is 0 Å². The molecule has 0 radical (unpaired) electrons. The molecule has 2 atom stereocenters. The standard InChI is InChI=1S/C18H28N4O3.HI/c1-13(2)14(3)21-18(20-11-16-8-9-25-12-16)19-10-15-4-6-17(7-5-15)22(23)24;/h4-7,13-14,16H,8-12H2,1-3H3,(H2,19,20,21);1H. The van der Waals surface area contributed by atoms with Crippen LogP contribution in [0.5, 0.6) is 0 Å². The second-order valence-electron chi connectivity index (χ2n) is 6.88. The van der Waals surface area contributed by atoms with E-state index in [9.17, 15) is 10.1 Å². The summed E-state index contributed by atoms with van der Waals surface area (Å²) in [5.74, 6) is 1.77. The zero-order valence-corrected chi connectivity index (χ0v) is 17.9. The number of nitro groups is 1. The molecule has 0 spiro atoms. The fourth-order valence-electron chi connectivity index (χ4n) is 2.41. The first kappa shape index (κ1) is 22.6. The van der Waals surface area contributed by atoms with Crippen LogP contribution in [-0.2, 0) is 11.3 Å². The lowest BCUT2D eigenvalue weighted by molar-refractivity contribution is -0.384. The first-order valence-electron chi connectivity index (χ1n) is 8.81. The highest BCUT2D eigenvalue weighted by atomic mass is 127. The van der Waals surface area contributed by atoms with E-state index < -0.39 is 4.92 Å². The lowest BCUT2D eigenvalue weighted by Gasteiger charge is -2.22. The van der Waals surface area contributed by atoms with Crippen molar-refractivity contribution >= 4 is 35.6 Å². The number of guanidine groups is 1. The summed E-state index contributed by atoms with van der Waals surface area (Å²) in [4.78, 5) is 15.0. The number of benzene rings is 1. The normalized spacial score (nSPS) is 18.3. The van der Waals surface area contributed by atoms with Crippen LogP contribution in [0.25, 0.3) is 0 Å². The van der Waals surface area contributed by atoms with Gasteiger partial charge in [0.2, 0.25) is 0 Å². The number of rotatable bonds is 7. The van der Waals surface area contributed by atoms with Crippen LogP contribution >= 0.6 is 24.0 Å². The maximum Gasteiger partial charge on any atom is 0.269 e. The lowest BCUT2D eigenvalue weighted by Crippen LogP contribution is -2.45. The summed E-state index contributed by atoms with van der Waals surface area (Å²) >= 11 is 0. The van der Waals surface area contributed by atoms with E-state index in [1.54, 1.807) is 12.1 Å². The number of ether oxygens (including phenoxy) is 1. The molecule has 146 valence electrons. The van der Waals surface area contributed by atoms with Crippen LogP contribution in [0.1, 0.15) is 32.8 Å². The van der Waals surface area contributed by atoms with Crippen molar-refractivity contribution in [2.24, 2.45) is 16.8 Å². The van der Waals surface area contributed by atoms with Crippen molar-refractivity contribution in [1.29, 1.82) is 0 Å². The monoisotopic (exact) mass is 476 g/mol. The SMILES string of the molecule is CC(C)C(C)NC(=NCc1ccc([N+](=O)[O-])cc1)NCC1CCOC1.I. The van der Waals surface area contributed by atoms with Crippen LogP contribution in [0.2, 0.25) is 0 Å². The van der Waals surface area contributed by atoms with Gasteiger partial charge < -0.3 is 15.4 Å². The Labute approximate surface area is 172 Å². The third-order valence-electron chi connectivity index (χ3n) is 4.51. The second-order valence-corrected chi connectivity index (χ2v) is 6.88. The quantitative estimate of drug-likeness (QED) is 0.207. The highest BCUT2D eigenvalue weighted by Crippen LogP contribution is 2.13. The van der Waals surface area contributed by atoms with Gasteiger partial charge in [0.05, 0.1) is 18.1 Å². The minimum absolute atomic E-state index is 0. The molecule has 1 heterocycles. The van der Waals surface area contributed by atoms with Gasteiger partial charge in [-0.3, -0.25) is 10.1 Å². The molecular weight excluding hydrogens is 447 g/mol. The summed E-state index contributed by atoms with van der Waals surface area (Å²) in [6.07, 6.45) is 1.07. The van der Waals surface area contributed by atoms with Gasteiger partial charge in [-0.25, -0.2) is 4.99 Å². The molecule has 8 heteroatoms. The van der Waals surface area contributed by atoms with E-state index in [2.05, 4.69) is 36.4 Å². The molecule has 0 bridgehead atoms. The molecule has 1 aromatic rings. The number of hydrogen-bond donors (Lipinski definition) is 2. The Morgan fingerprint density at radius 3 is 2.58 bits per heavy atom. The van der Waals surface area contributed by atoms with Crippen molar-refractivity contribution in [2.45, 2.75) is 39.8 Å². The van der Waals surface area contributed by atoms with Gasteiger partial charge in [0.1, 0.15) is 0 Å². The Balaban J connectivity index is 0.00000338. The van der Waals surface area contributed by atoms with E-state index >= 15 is 0 Å². The summed E-state index contributed by atoms with van der Waals surface area (Å²) in [5.41, 5.74) is 1.03. The van der Waals surface area contributed by atoms with Gasteiger partial charge in [0.15, 0.2) is 5.96 Å². The van der Waals surface area contributed by atoms with Gasteiger partial charge in [-0.15, -0.1) is 24.0 Å². The summed E-state index contributed by atoms with van der Waals surface area (Å²) in [5, 5.41) is 17.6. The number of aliphatic imine (C=N–C) groups is 1. The summed E-state index contributed by atoms with van der Waals surface area (Å²) < 4.78 is 5.41. The Bertz CT molecular complexity index is 587. The summed E-state index contributed by atoms with van der Waals surface area (Å²) in [7, 11) is 0. The maximum absolute atomic E-state index is 10.7. The third kappa shape index (κ3) is 7.45. The molecule has 1 aliphatic heterocycles. The molecule has 0 amide bonds. The molecule has 1 aromatic carbocycles. The molecule has 0 aliphatic carbocycles. The van der Waals surface area contributed by atoms with Crippen LogP contribution in [-0.4, -0.2) is 36.7 Å². The number of nitro benzene ring substituents is 1. The second kappa shape index (κ2) is 11.3. The predicted molar refractivity (Wildman–Crippen MR) is 114 cm³/mol. The fourth-order valence-corrected chi connectivity index (χ4v) is 2.41. The van der Waals surface area contributed by atoms with Gasteiger partial charge >= 0.3 is 0 Å². The molecule has 2 rings (SSSR count). The average molecular weight is 476 g/mol. The Hall–Kier alpha value is -1.42. The van der Waals surface area contributed by atoms with Crippen LogP contribution < -0.4 is 10.6 Å². The fraction of sp³-hybridized carbons (Fsp3) is 0.611. The molecule has 2 unspecified atom stereocenters. The Morgan fingerprint density at radius 2 is 2.04 bits per heavy atom. The van der Waals surface area contributed by atoms with E-state index in [-0.39, 0.29) is 29.7 Å². The van der Waals surface area contributed by atoms with E-state index in [0.29, 0.717) is 24.4 Å². The van der Waals surface area contributed by atoms with Gasteiger partial charge in [0.25, 0.3) is 5.69 Å². The van der Waals surface area contributed by atoms with E-state index in [1.165, 1.54) is 12.1 Å². The number of nitrogens with one attached hydrogen (secondary N) is 2. The maximum atomic E-state index is 10.7. The van der Waals surface area contributed by atoms with Gasteiger partial charge in [-0.1, -0.05) is 26.0 Å². The molecule has 1 saturated heterocycles. The Kier molecular flexibility index (Phi) is 9.85. The molecule has 0 saturated carbocycles. The van der Waals surface area contributed by atoms with Crippen molar-refractivity contribution in [1.82, 2.24) is 10.6 Å². The van der Waals surface area contributed by atoms with Gasteiger partial charge in [-0.05, 0) is 24.8 Å². The molecule has 2 N–H and O–H groups in total. The zero-order chi connectivity index (χ0) is 18.2. The first-order chi connectivity index (χ1) is 12.0. The molecule has 1 aliphatic rings. The number of non-ortho nitro benzene ring substituents is 1. The third-order valence-corrected chi connectivity index (χ3v) is 4.51. The first-order valence-corrected chi connectivity index (χ1v) is 8.81. The van der Waals surface area contributed by atoms with Crippen molar-refractivity contribution in [3.05, 3.63) is 39.9 Å². The van der Waals surface area contributed by atoms with Crippen LogP contribution in [0.3, 0.4) is 0 Å². The topological polar surface area (TPSA) is 88.8 Å². The highest BCUT2D eigenvalue weighted by Gasteiger charge is 2.17. The highest BCUT2D eigenvalue weighted by molar-refractivity contribution is 14.0. The van der Waals surface area contributed by atoms with Crippen molar-refractivity contribution in [3.8, 4) is 0 Å². The summed E-state index contributed by atoms with van der Waals surface area (Å²) in [6, 6.07) is 6.81. The minimum atomic E-state index is -0.393. The molecule has 26 heavy (non-hydrogen) atoms. The van der Waals surface area contributed by atoms with E-state index in [1.807, 2.05) is 0 Å². The summed E-state index contributed by atoms with van der Waals surface area (Å²) in [6.45, 7) is 9.38. The predicted octanol–water partition coefficient (Wildman–Crippen LogP) is 3.33. The Morgan fingerprint density at radius 1 is 1.35 bits per heavy atom. The van der Waals surface area contributed by atoms with Crippen LogP contribution in [0.15, 0.2) is 29.3 Å². The van der Waals surface area contributed by atoms with Crippen LogP contribution in [0.4, 0.5) is 5.69 Å². The van der Waals surface area contributed by atoms with Crippen LogP contribution in [0, 0.1) is 22.0 Å². The van der Waals surface area contributed by atoms with Crippen molar-refractivity contribution in [2.75, 3.05) is 19.8 Å². The van der Waals surface area contributed by atoms with E-state index in [4.69, 9.17) is 4.74 Å². The largest absolute Gasteiger partial charge is 0.381 e. The minimum Gasteiger partial charge on any atom is -0.381 e. The van der Waals surface area contributed by atoms with Gasteiger partial charge in [0, 0.05) is 37.2 Å². The van der Waals surface area contributed by atoms with Crippen molar-refractivity contribution in [3.63, 3.8) is 0 Å². The molecule has 7 nitrogen and oxygen atoms in total. The number of hydrogen-bond acceptors (Lipinski definition) is 4. The van der Waals surface area contributed by atoms with Crippen molar-refractivity contribution < 1.29 is 9.66 Å². The smallest absolute Gasteiger partial charge is 0.269 e. The molecule has 0 aromatic heterocycles. The lowest BCUT2D eigenvalue weighted by atomic mass is 10.1.